The van der Waals surface area contributed by atoms with E-state index in [4.69, 9.17) is 0 Å². The Morgan fingerprint density at radius 1 is 0.852 bits per heavy atom. The highest BCUT2D eigenvalue weighted by Crippen LogP contribution is 2.38. The first-order valence-corrected chi connectivity index (χ1v) is 7.80. The molecule has 0 aliphatic heterocycles. The van der Waals surface area contributed by atoms with E-state index in [2.05, 4.69) is 4.74 Å². The van der Waals surface area contributed by atoms with Crippen LogP contribution in [0.5, 0.6) is 0 Å². The molecule has 0 heterocycles. The van der Waals surface area contributed by atoms with Crippen LogP contribution < -0.4 is 5.32 Å². The lowest BCUT2D eigenvalue weighted by Crippen LogP contribution is -2.20. The van der Waals surface area contributed by atoms with E-state index in [0.29, 0.717) is 19.3 Å². The van der Waals surface area contributed by atoms with E-state index in [1.165, 1.54) is 7.11 Å². The average Bonchev–Trinajstić information content (AvgIpc) is 2.58. The first-order chi connectivity index (χ1) is 12.5. The van der Waals surface area contributed by atoms with Gasteiger partial charge in [0.1, 0.15) is 11.3 Å². The topological polar surface area (TPSA) is 55.4 Å². The van der Waals surface area contributed by atoms with Crippen LogP contribution in [0.1, 0.15) is 44.1 Å². The number of benzene rings is 1. The summed E-state index contributed by atoms with van der Waals surface area (Å²) in [6.07, 6.45) is -4.03. The number of carbonyl (C=O) groups is 2. The molecule has 1 aromatic carbocycles. The number of hydrogen-bond donors (Lipinski definition) is 1. The molecule has 0 spiro atoms. The number of methoxy groups -OCH3 is 1. The molecule has 27 heavy (non-hydrogen) atoms. The fourth-order valence-electron chi connectivity index (χ4n) is 2.20. The second-order valence-electron chi connectivity index (χ2n) is 5.54. The van der Waals surface area contributed by atoms with Gasteiger partial charge in [-0.25, -0.2) is 17.6 Å². The van der Waals surface area contributed by atoms with Crippen molar-refractivity contribution in [2.75, 3.05) is 12.4 Å². The molecular formula is C16H16F7NO3. The summed E-state index contributed by atoms with van der Waals surface area (Å²) in [7, 11) is 1.23. The molecule has 152 valence electrons. The van der Waals surface area contributed by atoms with Crippen molar-refractivity contribution in [1.29, 1.82) is 0 Å². The standard InChI is InChI=1S/C16H16F7NO3/c1-27-9(26)7-5-3-2-4-6-8(25)24-15-13(19)11(17)10(16(21,22)23)12(18)14(15)20/h2-7H2,1H3,(H,24,25). The number of amides is 1. The van der Waals surface area contributed by atoms with Gasteiger partial charge in [0.15, 0.2) is 23.3 Å². The largest absolute Gasteiger partial charge is 0.469 e. The van der Waals surface area contributed by atoms with Crippen LogP contribution in [0.4, 0.5) is 36.4 Å². The number of ether oxygens (including phenoxy) is 1. The molecule has 0 saturated heterocycles. The van der Waals surface area contributed by atoms with Crippen molar-refractivity contribution in [2.45, 2.75) is 44.7 Å². The summed E-state index contributed by atoms with van der Waals surface area (Å²) in [4.78, 5) is 22.5. The number of unbranched alkanes of at least 4 members (excludes halogenated alkanes) is 3. The van der Waals surface area contributed by atoms with Crippen LogP contribution in [0, 0.1) is 23.3 Å². The Balaban J connectivity index is 2.69. The molecule has 0 aliphatic carbocycles. The first-order valence-electron chi connectivity index (χ1n) is 7.80. The third-order valence-electron chi connectivity index (χ3n) is 3.57. The molecule has 1 aromatic rings. The maximum atomic E-state index is 13.7. The highest BCUT2D eigenvalue weighted by Gasteiger charge is 2.42. The van der Waals surface area contributed by atoms with Crippen LogP contribution >= 0.6 is 0 Å². The van der Waals surface area contributed by atoms with Crippen molar-refractivity contribution in [3.63, 3.8) is 0 Å². The minimum absolute atomic E-state index is 0.184. The van der Waals surface area contributed by atoms with Crippen LogP contribution in [0.2, 0.25) is 0 Å². The predicted octanol–water partition coefficient (Wildman–Crippen LogP) is 4.71. The maximum Gasteiger partial charge on any atom is 0.422 e. The van der Waals surface area contributed by atoms with Crippen LogP contribution in [-0.4, -0.2) is 19.0 Å². The zero-order valence-corrected chi connectivity index (χ0v) is 14.1. The molecule has 0 radical (unpaired) electrons. The number of alkyl halides is 3. The monoisotopic (exact) mass is 403 g/mol. The number of halogens is 7. The van der Waals surface area contributed by atoms with Gasteiger partial charge in [-0.05, 0) is 12.8 Å². The molecule has 1 N–H and O–H groups in total. The van der Waals surface area contributed by atoms with Crippen molar-refractivity contribution in [2.24, 2.45) is 0 Å². The minimum Gasteiger partial charge on any atom is -0.469 e. The van der Waals surface area contributed by atoms with Crippen LogP contribution in [-0.2, 0) is 20.5 Å². The Hall–Kier alpha value is -2.33. The number of anilines is 1. The summed E-state index contributed by atoms with van der Waals surface area (Å²) in [6.45, 7) is 0. The molecule has 0 atom stereocenters. The molecule has 0 fully saturated rings. The molecule has 0 aliphatic rings. The molecule has 0 unspecified atom stereocenters. The summed E-state index contributed by atoms with van der Waals surface area (Å²) in [6, 6.07) is 0. The van der Waals surface area contributed by atoms with Gasteiger partial charge in [-0.2, -0.15) is 13.2 Å². The normalized spacial score (nSPS) is 11.4. The van der Waals surface area contributed by atoms with Gasteiger partial charge in [-0.3, -0.25) is 9.59 Å². The number of rotatable bonds is 8. The van der Waals surface area contributed by atoms with E-state index in [1.54, 1.807) is 5.32 Å². The molecule has 0 bridgehead atoms. The van der Waals surface area contributed by atoms with E-state index in [1.807, 2.05) is 0 Å². The van der Waals surface area contributed by atoms with Crippen molar-refractivity contribution >= 4 is 17.6 Å². The van der Waals surface area contributed by atoms with Crippen LogP contribution in [0.15, 0.2) is 0 Å². The van der Waals surface area contributed by atoms with Crippen molar-refractivity contribution in [1.82, 2.24) is 0 Å². The number of carbonyl (C=O) groups excluding carboxylic acids is 2. The highest BCUT2D eigenvalue weighted by molar-refractivity contribution is 5.91. The molecule has 1 rings (SSSR count). The molecule has 1 amide bonds. The van der Waals surface area contributed by atoms with E-state index in [0.717, 1.165) is 0 Å². The van der Waals surface area contributed by atoms with Gasteiger partial charge >= 0.3 is 12.1 Å². The summed E-state index contributed by atoms with van der Waals surface area (Å²) in [5.41, 5.74) is -4.32. The molecule has 11 heteroatoms. The van der Waals surface area contributed by atoms with Gasteiger partial charge in [0.05, 0.1) is 7.11 Å². The maximum absolute atomic E-state index is 13.7. The molecular weight excluding hydrogens is 387 g/mol. The van der Waals surface area contributed by atoms with Crippen LogP contribution in [0.25, 0.3) is 0 Å². The van der Waals surface area contributed by atoms with Gasteiger partial charge < -0.3 is 10.1 Å². The van der Waals surface area contributed by atoms with Crippen molar-refractivity contribution in [3.05, 3.63) is 28.8 Å². The summed E-state index contributed by atoms with van der Waals surface area (Å²) >= 11 is 0. The predicted molar refractivity (Wildman–Crippen MR) is 79.6 cm³/mol. The quantitative estimate of drug-likeness (QED) is 0.296. The van der Waals surface area contributed by atoms with E-state index < -0.39 is 52.6 Å². The third-order valence-corrected chi connectivity index (χ3v) is 3.57. The van der Waals surface area contributed by atoms with Crippen molar-refractivity contribution in [3.8, 4) is 0 Å². The fourth-order valence-corrected chi connectivity index (χ4v) is 2.20. The lowest BCUT2D eigenvalue weighted by atomic mass is 10.1. The van der Waals surface area contributed by atoms with E-state index in [9.17, 15) is 40.3 Å². The van der Waals surface area contributed by atoms with E-state index >= 15 is 0 Å². The zero-order valence-electron chi connectivity index (χ0n) is 14.1. The Bertz CT molecular complexity index is 675. The number of nitrogens with one attached hydrogen (secondary N) is 1. The van der Waals surface area contributed by atoms with Gasteiger partial charge in [-0.15, -0.1) is 0 Å². The Labute approximate surface area is 149 Å². The smallest absolute Gasteiger partial charge is 0.422 e. The number of hydrogen-bond acceptors (Lipinski definition) is 3. The zero-order chi connectivity index (χ0) is 20.8. The molecule has 0 aromatic heterocycles. The summed E-state index contributed by atoms with van der Waals surface area (Å²) < 4.78 is 96.0. The summed E-state index contributed by atoms with van der Waals surface area (Å²) in [5, 5.41) is 1.55. The van der Waals surface area contributed by atoms with Gasteiger partial charge in [-0.1, -0.05) is 12.8 Å². The molecule has 4 nitrogen and oxygen atoms in total. The fraction of sp³-hybridized carbons (Fsp3) is 0.500. The minimum atomic E-state index is -5.65. The van der Waals surface area contributed by atoms with E-state index in [-0.39, 0.29) is 19.3 Å². The molecule has 0 saturated carbocycles. The van der Waals surface area contributed by atoms with Crippen molar-refractivity contribution < 1.29 is 45.1 Å². The second kappa shape index (κ2) is 9.56. The average molecular weight is 403 g/mol. The first kappa shape index (κ1) is 22.7. The van der Waals surface area contributed by atoms with Crippen LogP contribution in [0.3, 0.4) is 0 Å². The SMILES string of the molecule is COC(=O)CCCCCCC(=O)Nc1c(F)c(F)c(C(F)(F)F)c(F)c1F. The second-order valence-corrected chi connectivity index (χ2v) is 5.54. The summed E-state index contributed by atoms with van der Waals surface area (Å²) in [5.74, 6) is -11.4. The Morgan fingerprint density at radius 2 is 1.33 bits per heavy atom. The number of esters is 1. The lowest BCUT2D eigenvalue weighted by Gasteiger charge is -2.14. The van der Waals surface area contributed by atoms with Gasteiger partial charge in [0.25, 0.3) is 0 Å². The third kappa shape index (κ3) is 6.10. The Kier molecular flexibility index (Phi) is 8.04. The van der Waals surface area contributed by atoms with Gasteiger partial charge in [0.2, 0.25) is 5.91 Å². The Morgan fingerprint density at radius 3 is 1.78 bits per heavy atom. The van der Waals surface area contributed by atoms with Gasteiger partial charge in [0, 0.05) is 12.8 Å². The lowest BCUT2D eigenvalue weighted by molar-refractivity contribution is -0.143. The highest BCUT2D eigenvalue weighted by atomic mass is 19.4.